The topological polar surface area (TPSA) is 117 Å². The molecule has 0 fully saturated rings. The van der Waals surface area contributed by atoms with Crippen LogP contribution >= 0.6 is 11.8 Å². The number of hydrogen-bond acceptors (Lipinski definition) is 7. The molecule has 8 nitrogen and oxygen atoms in total. The van der Waals surface area contributed by atoms with Crippen molar-refractivity contribution in [2.75, 3.05) is 12.9 Å². The van der Waals surface area contributed by atoms with E-state index in [1.54, 1.807) is 36.0 Å². The molecule has 7 aromatic carbocycles. The third-order valence-electron chi connectivity index (χ3n) is 12.3. The van der Waals surface area contributed by atoms with E-state index >= 15 is 4.79 Å². The van der Waals surface area contributed by atoms with Crippen molar-refractivity contribution in [2.24, 2.45) is 5.92 Å². The lowest BCUT2D eigenvalue weighted by molar-refractivity contribution is -0.147. The van der Waals surface area contributed by atoms with Crippen LogP contribution in [0.1, 0.15) is 59.2 Å². The van der Waals surface area contributed by atoms with Crippen molar-refractivity contribution in [1.82, 2.24) is 16.0 Å². The summed E-state index contributed by atoms with van der Waals surface area (Å²) in [6, 6.07) is 64.9. The van der Waals surface area contributed by atoms with E-state index in [-0.39, 0.29) is 23.8 Å². The van der Waals surface area contributed by atoms with Crippen molar-refractivity contribution in [3.8, 4) is 5.75 Å². The van der Waals surface area contributed by atoms with Crippen LogP contribution in [0.2, 0.25) is 0 Å². The predicted molar refractivity (Wildman–Crippen MR) is 265 cm³/mol. The first-order valence-corrected chi connectivity index (χ1v) is 23.4. The van der Waals surface area contributed by atoms with Gasteiger partial charge in [-0.1, -0.05) is 214 Å². The Morgan fingerprint density at radius 1 is 0.545 bits per heavy atom. The van der Waals surface area contributed by atoms with E-state index in [9.17, 15) is 14.7 Å². The second-order valence-electron chi connectivity index (χ2n) is 16.5. The smallest absolute Gasteiger partial charge is 0.328 e. The van der Waals surface area contributed by atoms with Crippen LogP contribution in [0.4, 0.5) is 0 Å². The molecule has 0 aliphatic carbocycles. The van der Waals surface area contributed by atoms with Gasteiger partial charge in [-0.3, -0.25) is 14.9 Å². The second kappa shape index (κ2) is 22.3. The normalized spacial score (nSPS) is 13.4. The number of nitrogens with one attached hydrogen (secondary N) is 3. The highest BCUT2D eigenvalue weighted by atomic mass is 32.2. The zero-order chi connectivity index (χ0) is 46.4. The van der Waals surface area contributed by atoms with Gasteiger partial charge in [0.15, 0.2) is 0 Å². The number of carbonyl (C=O) groups excluding carboxylic acids is 3. The zero-order valence-electron chi connectivity index (χ0n) is 37.5. The molecule has 4 atom stereocenters. The predicted octanol–water partition coefficient (Wildman–Crippen LogP) is 9.80. The van der Waals surface area contributed by atoms with Gasteiger partial charge >= 0.3 is 5.97 Å². The highest BCUT2D eigenvalue weighted by molar-refractivity contribution is 8.00. The lowest BCUT2D eigenvalue weighted by Gasteiger charge is -2.41. The number of esters is 1. The standard InChI is InChI=1S/C57H57N3O5S/c1-4-41(2)52(55(64)65-3)59-53(62)50(39-42-35-37-49(61)38-36-42)58-54(63)51(60-56(43-23-11-5-12-24-43,44-25-13-6-14-26-44)45-27-15-7-16-28-45)40-66-57(46-29-17-8-18-30-46,47-31-19-9-20-32-47)48-33-21-10-22-34-48/h5-38,41,50-52,60-61H,4,39-40H2,1-3H3,(H,58,63)(H,59,62)/t41-,50-,51-,52-/m0/s1. The molecule has 0 unspecified atom stereocenters. The van der Waals surface area contributed by atoms with Gasteiger partial charge in [0.05, 0.1) is 23.4 Å². The Hall–Kier alpha value is -6.94. The Bertz CT molecular complexity index is 2410. The minimum Gasteiger partial charge on any atom is -0.508 e. The van der Waals surface area contributed by atoms with Gasteiger partial charge in [-0.2, -0.15) is 0 Å². The number of hydrogen-bond donors (Lipinski definition) is 4. The van der Waals surface area contributed by atoms with Crippen molar-refractivity contribution in [3.05, 3.63) is 245 Å². The summed E-state index contributed by atoms with van der Waals surface area (Å²) >= 11 is 1.64. The Morgan fingerprint density at radius 3 is 1.30 bits per heavy atom. The lowest BCUT2D eigenvalue weighted by atomic mass is 9.76. The monoisotopic (exact) mass is 895 g/mol. The Labute approximate surface area is 392 Å². The number of aromatic hydroxyl groups is 1. The molecule has 0 heterocycles. The van der Waals surface area contributed by atoms with Crippen molar-refractivity contribution in [1.29, 1.82) is 0 Å². The first kappa shape index (κ1) is 47.0. The van der Waals surface area contributed by atoms with Crippen molar-refractivity contribution < 1.29 is 24.2 Å². The summed E-state index contributed by atoms with van der Waals surface area (Å²) in [5, 5.41) is 20.3. The maximum absolute atomic E-state index is 15.8. The lowest BCUT2D eigenvalue weighted by Crippen LogP contribution is -2.60. The fraction of sp³-hybridized carbons (Fsp3) is 0.211. The van der Waals surface area contributed by atoms with E-state index in [1.807, 2.05) is 123 Å². The number of benzene rings is 7. The van der Waals surface area contributed by atoms with E-state index in [0.29, 0.717) is 12.0 Å². The van der Waals surface area contributed by atoms with Crippen molar-refractivity contribution in [3.63, 3.8) is 0 Å². The van der Waals surface area contributed by atoms with Crippen LogP contribution < -0.4 is 16.0 Å². The maximum atomic E-state index is 15.8. The van der Waals surface area contributed by atoms with Gasteiger partial charge in [-0.25, -0.2) is 4.79 Å². The van der Waals surface area contributed by atoms with Crippen molar-refractivity contribution >= 4 is 29.5 Å². The minimum atomic E-state index is -1.13. The summed E-state index contributed by atoms with van der Waals surface area (Å²) in [6.07, 6.45) is 0.681. The highest BCUT2D eigenvalue weighted by Crippen LogP contribution is 2.49. The fourth-order valence-corrected chi connectivity index (χ4v) is 10.2. The van der Waals surface area contributed by atoms with E-state index in [4.69, 9.17) is 4.74 Å². The zero-order valence-corrected chi connectivity index (χ0v) is 38.4. The highest BCUT2D eigenvalue weighted by Gasteiger charge is 2.44. The minimum absolute atomic E-state index is 0.0745. The molecule has 0 aliphatic heterocycles. The van der Waals surface area contributed by atoms with E-state index in [2.05, 4.69) is 88.7 Å². The number of methoxy groups -OCH3 is 1. The van der Waals surface area contributed by atoms with E-state index in [0.717, 1.165) is 33.4 Å². The third-order valence-corrected chi connectivity index (χ3v) is 14.0. The molecule has 0 bridgehead atoms. The van der Waals surface area contributed by atoms with Gasteiger partial charge in [-0.05, 0) is 57.0 Å². The largest absolute Gasteiger partial charge is 0.508 e. The van der Waals surface area contributed by atoms with Crippen molar-refractivity contribution in [2.45, 2.75) is 55.1 Å². The van der Waals surface area contributed by atoms with Crippen LogP contribution in [-0.2, 0) is 35.8 Å². The molecular weight excluding hydrogens is 839 g/mol. The van der Waals surface area contributed by atoms with Crippen LogP contribution in [0.3, 0.4) is 0 Å². The summed E-state index contributed by atoms with van der Waals surface area (Å²) in [6.45, 7) is 3.82. The van der Waals surface area contributed by atoms with Gasteiger partial charge in [0.1, 0.15) is 17.8 Å². The molecule has 0 saturated carbocycles. The molecular formula is C57H57N3O5S. The summed E-state index contributed by atoms with van der Waals surface area (Å²) < 4.78 is 4.35. The molecule has 66 heavy (non-hydrogen) atoms. The Morgan fingerprint density at radius 2 is 0.924 bits per heavy atom. The molecule has 0 aliphatic rings. The number of carbonyl (C=O) groups is 3. The molecule has 0 spiro atoms. The summed E-state index contributed by atoms with van der Waals surface area (Å²) in [7, 11) is 1.30. The number of phenolic OH excluding ortho intramolecular Hbond substituents is 1. The molecule has 336 valence electrons. The third kappa shape index (κ3) is 10.6. The fourth-order valence-electron chi connectivity index (χ4n) is 8.63. The van der Waals surface area contributed by atoms with Crippen LogP contribution in [0.5, 0.6) is 5.75 Å². The molecule has 0 radical (unpaired) electrons. The number of phenols is 1. The van der Waals surface area contributed by atoms with Crippen LogP contribution in [-0.4, -0.2) is 53.9 Å². The molecule has 0 aromatic heterocycles. The van der Waals surface area contributed by atoms with Gasteiger partial charge in [0.2, 0.25) is 11.8 Å². The van der Waals surface area contributed by atoms with Gasteiger partial charge < -0.3 is 20.5 Å². The number of thioether (sulfide) groups is 1. The summed E-state index contributed by atoms with van der Waals surface area (Å²) in [4.78, 5) is 43.5. The first-order chi connectivity index (χ1) is 32.2. The van der Waals surface area contributed by atoms with Gasteiger partial charge in [0.25, 0.3) is 0 Å². The molecule has 9 heteroatoms. The van der Waals surface area contributed by atoms with E-state index in [1.165, 1.54) is 7.11 Å². The average Bonchev–Trinajstić information content (AvgIpc) is 3.38. The molecule has 7 rings (SSSR count). The van der Waals surface area contributed by atoms with Crippen LogP contribution in [0.25, 0.3) is 0 Å². The molecule has 7 aromatic rings. The average molecular weight is 896 g/mol. The van der Waals surface area contributed by atoms with Crippen LogP contribution in [0.15, 0.2) is 206 Å². The van der Waals surface area contributed by atoms with Gasteiger partial charge in [-0.15, -0.1) is 11.8 Å². The number of amides is 2. The summed E-state index contributed by atoms with van der Waals surface area (Å²) in [5.41, 5.74) is 5.49. The molecule has 2 amide bonds. The Kier molecular flexibility index (Phi) is 15.9. The van der Waals surface area contributed by atoms with Gasteiger partial charge in [0, 0.05) is 12.2 Å². The van der Waals surface area contributed by atoms with E-state index < -0.39 is 46.2 Å². The molecule has 4 N–H and O–H groups in total. The number of ether oxygens (including phenoxy) is 1. The Balaban J connectivity index is 1.40. The summed E-state index contributed by atoms with van der Waals surface area (Å²) in [5.74, 6) is -1.47. The first-order valence-electron chi connectivity index (χ1n) is 22.4. The molecule has 0 saturated heterocycles. The number of rotatable bonds is 20. The second-order valence-corrected chi connectivity index (χ2v) is 17.7. The van der Waals surface area contributed by atoms with Crippen LogP contribution in [0, 0.1) is 5.92 Å². The quantitative estimate of drug-likeness (QED) is 0.0445. The SMILES string of the molecule is CC[C@H](C)[C@H](NC(=O)[C@H](Cc1ccc(O)cc1)NC(=O)[C@H](CSC(c1ccccc1)(c1ccccc1)c1ccccc1)NC(c1ccccc1)(c1ccccc1)c1ccccc1)C(=O)OC. The maximum Gasteiger partial charge on any atom is 0.328 e.